The van der Waals surface area contributed by atoms with Crippen LogP contribution in [0, 0.1) is 0 Å². The van der Waals surface area contributed by atoms with Crippen LogP contribution in [0.3, 0.4) is 0 Å². The summed E-state index contributed by atoms with van der Waals surface area (Å²) >= 11 is 0. The Balaban J connectivity index is 1.55. The van der Waals surface area contributed by atoms with E-state index in [1.54, 1.807) is 0 Å². The van der Waals surface area contributed by atoms with Crippen LogP contribution in [0.25, 0.3) is 0 Å². The molecule has 2 N–H and O–H groups in total. The molecule has 0 aromatic heterocycles. The van der Waals surface area contributed by atoms with Gasteiger partial charge in [-0.25, -0.2) is 0 Å². The molecule has 17 heavy (non-hydrogen) atoms. The van der Waals surface area contributed by atoms with Crippen molar-refractivity contribution in [1.82, 2.24) is 5.32 Å². The topological polar surface area (TPSA) is 41.5 Å². The van der Waals surface area contributed by atoms with Gasteiger partial charge >= 0.3 is 0 Å². The van der Waals surface area contributed by atoms with Crippen LogP contribution in [0.2, 0.25) is 0 Å². The van der Waals surface area contributed by atoms with Gasteiger partial charge in [0.15, 0.2) is 0 Å². The molecular formula is C14H25NO2. The van der Waals surface area contributed by atoms with Crippen LogP contribution in [0.15, 0.2) is 0 Å². The highest BCUT2D eigenvalue weighted by Gasteiger charge is 2.40. The second kappa shape index (κ2) is 4.87. The van der Waals surface area contributed by atoms with Crippen molar-refractivity contribution in [2.75, 3.05) is 6.61 Å². The van der Waals surface area contributed by atoms with E-state index in [2.05, 4.69) is 5.32 Å². The van der Waals surface area contributed by atoms with Gasteiger partial charge in [0.05, 0.1) is 18.8 Å². The zero-order valence-electron chi connectivity index (χ0n) is 10.7. The Morgan fingerprint density at radius 1 is 1.06 bits per heavy atom. The molecule has 3 aliphatic carbocycles. The van der Waals surface area contributed by atoms with Crippen LogP contribution in [0.4, 0.5) is 0 Å². The highest BCUT2D eigenvalue weighted by atomic mass is 16.5. The second-order valence-corrected chi connectivity index (χ2v) is 6.26. The van der Waals surface area contributed by atoms with Gasteiger partial charge in [-0.2, -0.15) is 0 Å². The highest BCUT2D eigenvalue weighted by Crippen LogP contribution is 2.35. The lowest BCUT2D eigenvalue weighted by Gasteiger charge is -2.42. The van der Waals surface area contributed by atoms with E-state index in [9.17, 15) is 5.11 Å². The predicted molar refractivity (Wildman–Crippen MR) is 67.0 cm³/mol. The first kappa shape index (κ1) is 11.9. The zero-order valence-corrected chi connectivity index (χ0v) is 10.7. The molecule has 3 saturated carbocycles. The Bertz CT molecular complexity index is 263. The van der Waals surface area contributed by atoms with Crippen molar-refractivity contribution >= 4 is 0 Å². The van der Waals surface area contributed by atoms with Gasteiger partial charge in [-0.1, -0.05) is 0 Å². The zero-order chi connectivity index (χ0) is 11.7. The lowest BCUT2D eigenvalue weighted by atomic mass is 9.80. The average molecular weight is 239 g/mol. The van der Waals surface area contributed by atoms with Gasteiger partial charge in [0.2, 0.25) is 0 Å². The van der Waals surface area contributed by atoms with Crippen LogP contribution < -0.4 is 5.32 Å². The molecule has 0 heterocycles. The van der Waals surface area contributed by atoms with Gasteiger partial charge < -0.3 is 15.2 Å². The molecule has 0 aliphatic heterocycles. The molecule has 0 amide bonds. The molecule has 0 aromatic carbocycles. The summed E-state index contributed by atoms with van der Waals surface area (Å²) < 4.78 is 6.14. The van der Waals surface area contributed by atoms with Crippen molar-refractivity contribution in [3.63, 3.8) is 0 Å². The van der Waals surface area contributed by atoms with Crippen LogP contribution >= 0.6 is 0 Å². The van der Waals surface area contributed by atoms with E-state index in [4.69, 9.17) is 4.74 Å². The average Bonchev–Trinajstić information content (AvgIpc) is 3.08. The third-order valence-corrected chi connectivity index (χ3v) is 4.63. The van der Waals surface area contributed by atoms with Gasteiger partial charge in [-0.3, -0.25) is 0 Å². The fourth-order valence-electron chi connectivity index (χ4n) is 3.18. The van der Waals surface area contributed by atoms with Crippen LogP contribution in [-0.2, 0) is 4.74 Å². The standard InChI is InChI=1S/C14H25NO2/c16-10-14(15-11-6-7-11)8-2-5-13(9-14)17-12-3-1-4-12/h11-13,15-16H,1-10H2. The normalized spacial score (nSPS) is 39.0. The number of aliphatic hydroxyl groups excluding tert-OH is 1. The maximum Gasteiger partial charge on any atom is 0.0614 e. The Labute approximate surface area is 104 Å². The van der Waals surface area contributed by atoms with Crippen LogP contribution in [-0.4, -0.2) is 35.5 Å². The van der Waals surface area contributed by atoms with E-state index in [-0.39, 0.29) is 12.1 Å². The molecule has 0 bridgehead atoms. The minimum absolute atomic E-state index is 0.0339. The number of nitrogens with one attached hydrogen (secondary N) is 1. The molecule has 0 spiro atoms. The van der Waals surface area contributed by atoms with E-state index < -0.39 is 0 Å². The van der Waals surface area contributed by atoms with Crippen molar-refractivity contribution in [3.8, 4) is 0 Å². The predicted octanol–water partition coefficient (Wildman–Crippen LogP) is 1.98. The smallest absolute Gasteiger partial charge is 0.0614 e. The lowest BCUT2D eigenvalue weighted by Crippen LogP contribution is -2.54. The first-order valence-electron chi connectivity index (χ1n) is 7.34. The summed E-state index contributed by atoms with van der Waals surface area (Å²) in [6.07, 6.45) is 11.8. The highest BCUT2D eigenvalue weighted by molar-refractivity contribution is 4.99. The number of hydrogen-bond donors (Lipinski definition) is 2. The molecule has 0 saturated heterocycles. The number of hydrogen-bond acceptors (Lipinski definition) is 3. The van der Waals surface area contributed by atoms with Crippen LogP contribution in [0.1, 0.15) is 57.8 Å². The molecule has 2 atom stereocenters. The third kappa shape index (κ3) is 2.83. The maximum atomic E-state index is 9.72. The summed E-state index contributed by atoms with van der Waals surface area (Å²) in [5, 5.41) is 13.4. The fraction of sp³-hybridized carbons (Fsp3) is 1.00. The minimum Gasteiger partial charge on any atom is -0.394 e. The van der Waals surface area contributed by atoms with Crippen molar-refractivity contribution < 1.29 is 9.84 Å². The maximum absolute atomic E-state index is 9.72. The molecule has 3 aliphatic rings. The molecule has 3 nitrogen and oxygen atoms in total. The van der Waals surface area contributed by atoms with E-state index in [1.807, 2.05) is 0 Å². The second-order valence-electron chi connectivity index (χ2n) is 6.26. The van der Waals surface area contributed by atoms with E-state index in [1.165, 1.54) is 44.9 Å². The third-order valence-electron chi connectivity index (χ3n) is 4.63. The Morgan fingerprint density at radius 2 is 1.82 bits per heavy atom. The van der Waals surface area contributed by atoms with E-state index in [0.717, 1.165) is 12.8 Å². The van der Waals surface area contributed by atoms with Crippen molar-refractivity contribution in [2.24, 2.45) is 0 Å². The summed E-state index contributed by atoms with van der Waals surface area (Å²) in [6.45, 7) is 0.272. The first-order valence-corrected chi connectivity index (χ1v) is 7.34. The van der Waals surface area contributed by atoms with Crippen molar-refractivity contribution in [3.05, 3.63) is 0 Å². The summed E-state index contributed by atoms with van der Waals surface area (Å²) in [5.74, 6) is 0. The molecule has 0 aromatic rings. The van der Waals surface area contributed by atoms with Gasteiger partial charge in [-0.15, -0.1) is 0 Å². The fourth-order valence-corrected chi connectivity index (χ4v) is 3.18. The van der Waals surface area contributed by atoms with Crippen molar-refractivity contribution in [1.29, 1.82) is 0 Å². The lowest BCUT2D eigenvalue weighted by molar-refractivity contribution is -0.0847. The van der Waals surface area contributed by atoms with Gasteiger partial charge in [0, 0.05) is 11.6 Å². The molecule has 98 valence electrons. The van der Waals surface area contributed by atoms with Crippen LogP contribution in [0.5, 0.6) is 0 Å². The van der Waals surface area contributed by atoms with Crippen molar-refractivity contribution in [2.45, 2.75) is 81.6 Å². The molecule has 3 fully saturated rings. The monoisotopic (exact) mass is 239 g/mol. The first-order chi connectivity index (χ1) is 8.30. The Morgan fingerprint density at radius 3 is 2.41 bits per heavy atom. The minimum atomic E-state index is -0.0339. The molecule has 3 heteroatoms. The SMILES string of the molecule is OCC1(NC2CC2)CCCC(OC2CCC2)C1. The molecule has 3 rings (SSSR count). The van der Waals surface area contributed by atoms with Gasteiger partial charge in [0.25, 0.3) is 0 Å². The summed E-state index contributed by atoms with van der Waals surface area (Å²) in [5.41, 5.74) is -0.0339. The van der Waals surface area contributed by atoms with E-state index in [0.29, 0.717) is 18.2 Å². The van der Waals surface area contributed by atoms with Gasteiger partial charge in [-0.05, 0) is 57.8 Å². The number of ether oxygens (including phenoxy) is 1. The Hall–Kier alpha value is -0.120. The largest absolute Gasteiger partial charge is 0.394 e. The number of rotatable bonds is 5. The number of aliphatic hydroxyl groups is 1. The molecule has 2 unspecified atom stereocenters. The quantitative estimate of drug-likeness (QED) is 0.771. The summed E-state index contributed by atoms with van der Waals surface area (Å²) in [6, 6.07) is 0.671. The summed E-state index contributed by atoms with van der Waals surface area (Å²) in [4.78, 5) is 0. The molecule has 0 radical (unpaired) electrons. The van der Waals surface area contributed by atoms with E-state index >= 15 is 0 Å². The summed E-state index contributed by atoms with van der Waals surface area (Å²) in [7, 11) is 0. The Kier molecular flexibility index (Phi) is 3.42. The van der Waals surface area contributed by atoms with Gasteiger partial charge in [0.1, 0.15) is 0 Å². The molecular weight excluding hydrogens is 214 g/mol.